The van der Waals surface area contributed by atoms with Crippen LogP contribution in [0.25, 0.3) is 5.57 Å². The van der Waals surface area contributed by atoms with Gasteiger partial charge in [-0.1, -0.05) is 33.3 Å². The molecule has 0 aliphatic carbocycles. The van der Waals surface area contributed by atoms with Crippen molar-refractivity contribution in [1.82, 2.24) is 0 Å². The van der Waals surface area contributed by atoms with Gasteiger partial charge in [0.15, 0.2) is 0 Å². The molecule has 0 unspecified atom stereocenters. The zero-order chi connectivity index (χ0) is 13.3. The lowest BCUT2D eigenvalue weighted by molar-refractivity contribution is 0.341. The number of benzene rings is 1. The molecule has 0 radical (unpaired) electrons. The van der Waals surface area contributed by atoms with Crippen molar-refractivity contribution < 1.29 is 4.74 Å². The molecule has 18 heavy (non-hydrogen) atoms. The SMILES string of the molecule is CCC(C)(C)Cc1ccc2c(c1)C(C)=C(C)CO2. The Hall–Kier alpha value is -1.24. The Kier molecular flexibility index (Phi) is 3.52. The van der Waals surface area contributed by atoms with Gasteiger partial charge in [-0.25, -0.2) is 0 Å². The van der Waals surface area contributed by atoms with E-state index in [2.05, 4.69) is 52.8 Å². The first-order valence-corrected chi connectivity index (χ1v) is 6.85. The second-order valence-electron chi connectivity index (χ2n) is 6.22. The van der Waals surface area contributed by atoms with E-state index in [0.29, 0.717) is 5.41 Å². The Morgan fingerprint density at radius 1 is 1.22 bits per heavy atom. The fourth-order valence-corrected chi connectivity index (χ4v) is 2.31. The van der Waals surface area contributed by atoms with E-state index in [1.54, 1.807) is 0 Å². The maximum atomic E-state index is 5.76. The third-order valence-corrected chi connectivity index (χ3v) is 4.17. The molecule has 2 rings (SSSR count). The van der Waals surface area contributed by atoms with Crippen LogP contribution in [0.4, 0.5) is 0 Å². The van der Waals surface area contributed by atoms with Crippen LogP contribution < -0.4 is 4.74 Å². The van der Waals surface area contributed by atoms with Crippen LogP contribution in [0.1, 0.15) is 52.2 Å². The van der Waals surface area contributed by atoms with E-state index >= 15 is 0 Å². The smallest absolute Gasteiger partial charge is 0.127 e. The van der Waals surface area contributed by atoms with Gasteiger partial charge in [0.25, 0.3) is 0 Å². The highest BCUT2D eigenvalue weighted by Gasteiger charge is 2.19. The first-order chi connectivity index (χ1) is 8.43. The summed E-state index contributed by atoms with van der Waals surface area (Å²) in [5.41, 5.74) is 5.79. The van der Waals surface area contributed by atoms with Crippen LogP contribution in [0.15, 0.2) is 23.8 Å². The Bertz CT molecular complexity index is 480. The minimum atomic E-state index is 0.371. The van der Waals surface area contributed by atoms with Crippen LogP contribution >= 0.6 is 0 Å². The van der Waals surface area contributed by atoms with Gasteiger partial charge in [0, 0.05) is 5.56 Å². The summed E-state index contributed by atoms with van der Waals surface area (Å²) in [6.45, 7) is 12.0. The fraction of sp³-hybridized carbons (Fsp3) is 0.529. The zero-order valence-corrected chi connectivity index (χ0v) is 12.3. The average Bonchev–Trinajstić information content (AvgIpc) is 2.34. The second-order valence-corrected chi connectivity index (χ2v) is 6.22. The first-order valence-electron chi connectivity index (χ1n) is 6.85. The molecule has 1 heteroatoms. The molecule has 1 heterocycles. The van der Waals surface area contributed by atoms with Gasteiger partial charge in [-0.15, -0.1) is 0 Å². The predicted octanol–water partition coefficient (Wildman–Crippen LogP) is 4.85. The maximum Gasteiger partial charge on any atom is 0.127 e. The van der Waals surface area contributed by atoms with Crippen molar-refractivity contribution in [2.24, 2.45) is 5.41 Å². The molecule has 0 atom stereocenters. The second kappa shape index (κ2) is 4.79. The van der Waals surface area contributed by atoms with Gasteiger partial charge in [-0.05, 0) is 54.5 Å². The van der Waals surface area contributed by atoms with Gasteiger partial charge in [0.1, 0.15) is 12.4 Å². The molecule has 0 fully saturated rings. The quantitative estimate of drug-likeness (QED) is 0.738. The Labute approximate surface area is 111 Å². The highest BCUT2D eigenvalue weighted by molar-refractivity contribution is 5.73. The lowest BCUT2D eigenvalue weighted by atomic mass is 9.82. The number of fused-ring (bicyclic) bond motifs is 1. The number of rotatable bonds is 3. The molecule has 0 saturated heterocycles. The highest BCUT2D eigenvalue weighted by atomic mass is 16.5. The standard InChI is InChI=1S/C17H24O/c1-6-17(4,5)10-14-7-8-16-15(9-14)13(3)12(2)11-18-16/h7-9H,6,10-11H2,1-5H3. The van der Waals surface area contributed by atoms with Crippen molar-refractivity contribution >= 4 is 5.57 Å². The van der Waals surface area contributed by atoms with Crippen LogP contribution in [0.3, 0.4) is 0 Å². The highest BCUT2D eigenvalue weighted by Crippen LogP contribution is 2.35. The summed E-state index contributed by atoms with van der Waals surface area (Å²) in [5, 5.41) is 0. The molecule has 0 spiro atoms. The monoisotopic (exact) mass is 244 g/mol. The van der Waals surface area contributed by atoms with Crippen LogP contribution in [0.5, 0.6) is 5.75 Å². The average molecular weight is 244 g/mol. The van der Waals surface area contributed by atoms with E-state index < -0.39 is 0 Å². The largest absolute Gasteiger partial charge is 0.489 e. The van der Waals surface area contributed by atoms with E-state index in [0.717, 1.165) is 18.8 Å². The Morgan fingerprint density at radius 2 is 1.94 bits per heavy atom. The molecule has 1 aromatic rings. The number of hydrogen-bond acceptors (Lipinski definition) is 1. The Morgan fingerprint density at radius 3 is 2.61 bits per heavy atom. The molecule has 1 aromatic carbocycles. The molecule has 1 aliphatic rings. The van der Waals surface area contributed by atoms with Crippen molar-refractivity contribution in [3.05, 3.63) is 34.9 Å². The molecular weight excluding hydrogens is 220 g/mol. The summed E-state index contributed by atoms with van der Waals surface area (Å²) < 4.78 is 5.76. The molecule has 0 saturated carbocycles. The predicted molar refractivity (Wildman–Crippen MR) is 78.0 cm³/mol. The van der Waals surface area contributed by atoms with Crippen LogP contribution in [-0.4, -0.2) is 6.61 Å². The summed E-state index contributed by atoms with van der Waals surface area (Å²) >= 11 is 0. The van der Waals surface area contributed by atoms with Crippen LogP contribution in [-0.2, 0) is 6.42 Å². The maximum absolute atomic E-state index is 5.76. The van der Waals surface area contributed by atoms with E-state index in [4.69, 9.17) is 4.74 Å². The summed E-state index contributed by atoms with van der Waals surface area (Å²) in [6, 6.07) is 6.65. The third kappa shape index (κ3) is 2.60. The van der Waals surface area contributed by atoms with Crippen molar-refractivity contribution in [1.29, 1.82) is 0 Å². The number of ether oxygens (including phenoxy) is 1. The summed E-state index contributed by atoms with van der Waals surface area (Å²) in [7, 11) is 0. The zero-order valence-electron chi connectivity index (χ0n) is 12.3. The summed E-state index contributed by atoms with van der Waals surface area (Å²) in [5.74, 6) is 1.04. The van der Waals surface area contributed by atoms with E-state index in [-0.39, 0.29) is 0 Å². The van der Waals surface area contributed by atoms with Gasteiger partial charge in [0.2, 0.25) is 0 Å². The third-order valence-electron chi connectivity index (χ3n) is 4.17. The molecular formula is C17H24O. The molecule has 0 bridgehead atoms. The van der Waals surface area contributed by atoms with Crippen LogP contribution in [0, 0.1) is 5.41 Å². The molecule has 98 valence electrons. The van der Waals surface area contributed by atoms with Gasteiger partial charge in [-0.3, -0.25) is 0 Å². The van der Waals surface area contributed by atoms with Crippen molar-refractivity contribution in [3.63, 3.8) is 0 Å². The van der Waals surface area contributed by atoms with E-state index in [9.17, 15) is 0 Å². The lowest BCUT2D eigenvalue weighted by Crippen LogP contribution is -2.14. The molecule has 0 N–H and O–H groups in total. The number of hydrogen-bond donors (Lipinski definition) is 0. The van der Waals surface area contributed by atoms with Gasteiger partial charge in [0.05, 0.1) is 0 Å². The summed E-state index contributed by atoms with van der Waals surface area (Å²) in [6.07, 6.45) is 2.33. The van der Waals surface area contributed by atoms with Gasteiger partial charge < -0.3 is 4.74 Å². The lowest BCUT2D eigenvalue weighted by Gasteiger charge is -2.25. The van der Waals surface area contributed by atoms with Crippen molar-refractivity contribution in [2.45, 2.75) is 47.5 Å². The van der Waals surface area contributed by atoms with Gasteiger partial charge >= 0.3 is 0 Å². The molecule has 0 aromatic heterocycles. The normalized spacial score (nSPS) is 15.4. The first kappa shape index (κ1) is 13.2. The molecule has 1 nitrogen and oxygen atoms in total. The van der Waals surface area contributed by atoms with Crippen LogP contribution in [0.2, 0.25) is 0 Å². The topological polar surface area (TPSA) is 9.23 Å². The minimum Gasteiger partial charge on any atom is -0.489 e. The van der Waals surface area contributed by atoms with Gasteiger partial charge in [-0.2, -0.15) is 0 Å². The molecule has 0 amide bonds. The van der Waals surface area contributed by atoms with Crippen molar-refractivity contribution in [2.75, 3.05) is 6.61 Å². The summed E-state index contributed by atoms with van der Waals surface area (Å²) in [4.78, 5) is 0. The van der Waals surface area contributed by atoms with E-state index in [1.807, 2.05) is 0 Å². The van der Waals surface area contributed by atoms with E-state index in [1.165, 1.54) is 28.7 Å². The fourth-order valence-electron chi connectivity index (χ4n) is 2.31. The Balaban J connectivity index is 2.34. The number of allylic oxidation sites excluding steroid dienone is 1. The van der Waals surface area contributed by atoms with Crippen molar-refractivity contribution in [3.8, 4) is 5.75 Å². The molecule has 1 aliphatic heterocycles. The minimum absolute atomic E-state index is 0.371.